The highest BCUT2D eigenvalue weighted by Crippen LogP contribution is 2.13. The quantitative estimate of drug-likeness (QED) is 0.0826. The average molecular weight is 505 g/mol. The number of carbonyl (C=O) groups is 2. The molecule has 0 aromatic heterocycles. The first kappa shape index (κ1) is 34.0. The van der Waals surface area contributed by atoms with Crippen LogP contribution in [0.15, 0.2) is 48.6 Å². The Morgan fingerprint density at radius 2 is 1.25 bits per heavy atom. The number of aliphatic hydroxyl groups excluding tert-OH is 2. The zero-order valence-electron chi connectivity index (χ0n) is 22.9. The van der Waals surface area contributed by atoms with Gasteiger partial charge in [-0.1, -0.05) is 101 Å². The highest BCUT2D eigenvalue weighted by atomic mass is 16.6. The molecular formula is C31H52O5. The van der Waals surface area contributed by atoms with E-state index in [1.807, 2.05) is 6.08 Å². The number of Topliss-reactive ketones (excluding diaryl/α,β-unsaturated/α-hetero) is 1. The van der Waals surface area contributed by atoms with Crippen LogP contribution >= 0.6 is 0 Å². The van der Waals surface area contributed by atoms with E-state index in [4.69, 9.17) is 14.9 Å². The fourth-order valence-corrected chi connectivity index (χ4v) is 3.63. The minimum Gasteiger partial charge on any atom is -0.457 e. The molecule has 0 bridgehead atoms. The summed E-state index contributed by atoms with van der Waals surface area (Å²) in [5, 5.41) is 17.8. The van der Waals surface area contributed by atoms with Crippen LogP contribution in [-0.2, 0) is 14.3 Å². The predicted molar refractivity (Wildman–Crippen MR) is 150 cm³/mol. The lowest BCUT2D eigenvalue weighted by Gasteiger charge is -2.11. The normalized spacial score (nSPS) is 13.1. The van der Waals surface area contributed by atoms with Crippen LogP contribution < -0.4 is 0 Å². The van der Waals surface area contributed by atoms with E-state index in [2.05, 4.69) is 56.4 Å². The third-order valence-electron chi connectivity index (χ3n) is 5.89. The Labute approximate surface area is 220 Å². The molecular weight excluding hydrogens is 452 g/mol. The highest BCUT2D eigenvalue weighted by Gasteiger charge is 2.12. The van der Waals surface area contributed by atoms with Crippen molar-refractivity contribution >= 4 is 11.8 Å². The lowest BCUT2D eigenvalue weighted by Crippen LogP contribution is -2.25. The van der Waals surface area contributed by atoms with Crippen LogP contribution in [-0.4, -0.2) is 41.3 Å². The molecule has 0 heterocycles. The molecule has 36 heavy (non-hydrogen) atoms. The van der Waals surface area contributed by atoms with E-state index in [1.165, 1.54) is 38.5 Å². The van der Waals surface area contributed by atoms with Crippen molar-refractivity contribution in [1.82, 2.24) is 0 Å². The molecule has 1 atom stereocenters. The monoisotopic (exact) mass is 504 g/mol. The molecule has 0 aliphatic heterocycles. The highest BCUT2D eigenvalue weighted by molar-refractivity contribution is 5.84. The molecule has 0 radical (unpaired) electrons. The standard InChI is InChI=1S/C31H52O5/c1-3-5-7-14-18-22-28(30(34)24-20-15-8-6-4-2)23-19-16-12-10-9-11-13-17-21-25-31(35)36-29(26-32)27-33/h10-13,18-19,22-23,28-29,32-33H,3-9,14-17,20-21,24-27H2,1-2H3. The second-order valence-corrected chi connectivity index (χ2v) is 9.29. The summed E-state index contributed by atoms with van der Waals surface area (Å²) in [4.78, 5) is 24.3. The Balaban J connectivity index is 4.30. The molecule has 5 nitrogen and oxygen atoms in total. The van der Waals surface area contributed by atoms with Gasteiger partial charge in [0.15, 0.2) is 0 Å². The molecule has 0 aromatic rings. The van der Waals surface area contributed by atoms with Gasteiger partial charge < -0.3 is 14.9 Å². The zero-order chi connectivity index (χ0) is 26.7. The first-order valence-electron chi connectivity index (χ1n) is 14.2. The van der Waals surface area contributed by atoms with Gasteiger partial charge in [0.05, 0.1) is 19.1 Å². The maximum Gasteiger partial charge on any atom is 0.306 e. The molecule has 0 amide bonds. The molecule has 0 rings (SSSR count). The number of unbranched alkanes of at least 4 members (excludes halogenated alkanes) is 8. The van der Waals surface area contributed by atoms with Crippen LogP contribution in [0.25, 0.3) is 0 Å². The molecule has 0 saturated heterocycles. The lowest BCUT2D eigenvalue weighted by molar-refractivity contribution is -0.153. The maximum absolute atomic E-state index is 12.7. The van der Waals surface area contributed by atoms with Gasteiger partial charge in [-0.25, -0.2) is 0 Å². The van der Waals surface area contributed by atoms with Crippen molar-refractivity contribution in [3.63, 3.8) is 0 Å². The molecule has 5 heteroatoms. The first-order valence-corrected chi connectivity index (χ1v) is 14.2. The smallest absolute Gasteiger partial charge is 0.306 e. The summed E-state index contributed by atoms with van der Waals surface area (Å²) in [6.07, 6.45) is 30.4. The van der Waals surface area contributed by atoms with E-state index in [0.29, 0.717) is 18.6 Å². The van der Waals surface area contributed by atoms with E-state index < -0.39 is 12.1 Å². The van der Waals surface area contributed by atoms with Crippen molar-refractivity contribution in [3.8, 4) is 0 Å². The minimum absolute atomic E-state index is 0.108. The largest absolute Gasteiger partial charge is 0.457 e. The number of esters is 1. The fraction of sp³-hybridized carbons (Fsp3) is 0.677. The summed E-state index contributed by atoms with van der Waals surface area (Å²) < 4.78 is 4.93. The molecule has 0 aliphatic rings. The molecule has 0 fully saturated rings. The van der Waals surface area contributed by atoms with E-state index in [9.17, 15) is 9.59 Å². The fourth-order valence-electron chi connectivity index (χ4n) is 3.63. The van der Waals surface area contributed by atoms with Crippen LogP contribution in [0.3, 0.4) is 0 Å². The maximum atomic E-state index is 12.7. The Morgan fingerprint density at radius 1 is 0.667 bits per heavy atom. The molecule has 206 valence electrons. The van der Waals surface area contributed by atoms with Crippen molar-refractivity contribution in [2.45, 2.75) is 116 Å². The summed E-state index contributed by atoms with van der Waals surface area (Å²) >= 11 is 0. The van der Waals surface area contributed by atoms with Crippen molar-refractivity contribution in [2.24, 2.45) is 5.92 Å². The Hall–Kier alpha value is -1.98. The Bertz CT molecular complexity index is 643. The number of ether oxygens (including phenoxy) is 1. The number of hydrogen-bond acceptors (Lipinski definition) is 5. The molecule has 0 aromatic carbocycles. The number of carbonyl (C=O) groups excluding carboxylic acids is 2. The van der Waals surface area contributed by atoms with Gasteiger partial charge in [-0.15, -0.1) is 0 Å². The lowest BCUT2D eigenvalue weighted by atomic mass is 9.96. The van der Waals surface area contributed by atoms with Gasteiger partial charge in [-0.2, -0.15) is 0 Å². The van der Waals surface area contributed by atoms with Crippen molar-refractivity contribution in [3.05, 3.63) is 48.6 Å². The van der Waals surface area contributed by atoms with Crippen LogP contribution in [0.2, 0.25) is 0 Å². The molecule has 2 N–H and O–H groups in total. The number of ketones is 1. The van der Waals surface area contributed by atoms with Crippen LogP contribution in [0.1, 0.15) is 110 Å². The third-order valence-corrected chi connectivity index (χ3v) is 5.89. The SMILES string of the molecule is CCCCCC=CC(C=CCC=CCC=CCCCC(=O)OC(CO)CO)C(=O)CCCCCCC. The summed E-state index contributed by atoms with van der Waals surface area (Å²) in [6, 6.07) is 0. The van der Waals surface area contributed by atoms with Gasteiger partial charge in [-0.3, -0.25) is 9.59 Å². The van der Waals surface area contributed by atoms with Crippen molar-refractivity contribution in [1.29, 1.82) is 0 Å². The van der Waals surface area contributed by atoms with Crippen LogP contribution in [0, 0.1) is 5.92 Å². The van der Waals surface area contributed by atoms with Crippen molar-refractivity contribution < 1.29 is 24.5 Å². The number of rotatable bonds is 24. The van der Waals surface area contributed by atoms with Gasteiger partial charge in [0.25, 0.3) is 0 Å². The second-order valence-electron chi connectivity index (χ2n) is 9.29. The first-order chi connectivity index (χ1) is 17.6. The molecule has 1 unspecified atom stereocenters. The summed E-state index contributed by atoms with van der Waals surface area (Å²) in [6.45, 7) is 3.68. The average Bonchev–Trinajstić information content (AvgIpc) is 2.88. The van der Waals surface area contributed by atoms with Gasteiger partial charge >= 0.3 is 5.97 Å². The van der Waals surface area contributed by atoms with E-state index in [-0.39, 0.29) is 25.6 Å². The number of allylic oxidation sites excluding steroid dienone is 8. The van der Waals surface area contributed by atoms with Gasteiger partial charge in [-0.05, 0) is 44.9 Å². The molecule has 0 spiro atoms. The summed E-state index contributed by atoms with van der Waals surface area (Å²) in [5.41, 5.74) is 0. The topological polar surface area (TPSA) is 83.8 Å². The summed E-state index contributed by atoms with van der Waals surface area (Å²) in [5.74, 6) is -0.177. The molecule has 0 saturated carbocycles. The van der Waals surface area contributed by atoms with Crippen LogP contribution in [0.4, 0.5) is 0 Å². The van der Waals surface area contributed by atoms with Gasteiger partial charge in [0, 0.05) is 12.8 Å². The van der Waals surface area contributed by atoms with Crippen LogP contribution in [0.5, 0.6) is 0 Å². The van der Waals surface area contributed by atoms with Gasteiger partial charge in [0.1, 0.15) is 11.9 Å². The molecule has 0 aliphatic carbocycles. The van der Waals surface area contributed by atoms with E-state index >= 15 is 0 Å². The number of aliphatic hydroxyl groups is 2. The van der Waals surface area contributed by atoms with Crippen molar-refractivity contribution in [2.75, 3.05) is 13.2 Å². The zero-order valence-corrected chi connectivity index (χ0v) is 22.9. The summed E-state index contributed by atoms with van der Waals surface area (Å²) in [7, 11) is 0. The van der Waals surface area contributed by atoms with E-state index in [1.54, 1.807) is 0 Å². The van der Waals surface area contributed by atoms with E-state index in [0.717, 1.165) is 38.5 Å². The second kappa shape index (κ2) is 26.1. The number of hydrogen-bond donors (Lipinski definition) is 2. The minimum atomic E-state index is -0.821. The predicted octanol–water partition coefficient (Wildman–Crippen LogP) is 7.18. The van der Waals surface area contributed by atoms with Gasteiger partial charge in [0.2, 0.25) is 0 Å². The third kappa shape index (κ3) is 21.3. The Morgan fingerprint density at radius 3 is 1.94 bits per heavy atom. The Kier molecular flexibility index (Phi) is 24.7.